The molecule has 0 saturated carbocycles. The van der Waals surface area contributed by atoms with Crippen molar-refractivity contribution >= 4 is 17.5 Å². The first-order chi connectivity index (χ1) is 8.56. The second kappa shape index (κ2) is 7.28. The van der Waals surface area contributed by atoms with E-state index in [0.29, 0.717) is 6.54 Å². The first-order valence-corrected chi connectivity index (χ1v) is 6.07. The van der Waals surface area contributed by atoms with E-state index in [9.17, 15) is 13.6 Å². The van der Waals surface area contributed by atoms with E-state index < -0.39 is 17.5 Å². The number of carbonyl (C=O) groups excluding carboxylic acids is 1. The molecule has 0 atom stereocenters. The van der Waals surface area contributed by atoms with Crippen LogP contribution >= 0.6 is 11.6 Å². The molecule has 0 aromatic heterocycles. The number of hydrogen-bond donors (Lipinski definition) is 2. The van der Waals surface area contributed by atoms with Gasteiger partial charge in [-0.2, -0.15) is 0 Å². The van der Waals surface area contributed by atoms with Crippen molar-refractivity contribution in [2.75, 3.05) is 19.6 Å². The van der Waals surface area contributed by atoms with Crippen LogP contribution in [-0.4, -0.2) is 25.5 Å². The van der Waals surface area contributed by atoms with Crippen LogP contribution in [0.2, 0.25) is 5.02 Å². The van der Waals surface area contributed by atoms with Crippen LogP contribution in [0.4, 0.5) is 8.78 Å². The van der Waals surface area contributed by atoms with E-state index in [2.05, 4.69) is 10.6 Å². The predicted octanol–water partition coefficient (Wildman–Crippen LogP) is 2.35. The topological polar surface area (TPSA) is 41.1 Å². The van der Waals surface area contributed by atoms with Crippen molar-refractivity contribution in [2.45, 2.75) is 13.3 Å². The van der Waals surface area contributed by atoms with Gasteiger partial charge in [-0.25, -0.2) is 8.78 Å². The van der Waals surface area contributed by atoms with Gasteiger partial charge in [0, 0.05) is 6.54 Å². The van der Waals surface area contributed by atoms with Crippen molar-refractivity contribution in [1.82, 2.24) is 10.6 Å². The Hall–Kier alpha value is -1.20. The summed E-state index contributed by atoms with van der Waals surface area (Å²) in [5.41, 5.74) is -0.333. The van der Waals surface area contributed by atoms with E-state index in [-0.39, 0.29) is 10.6 Å². The molecule has 1 amide bonds. The molecule has 18 heavy (non-hydrogen) atoms. The molecular weight excluding hydrogens is 262 g/mol. The van der Waals surface area contributed by atoms with E-state index in [1.165, 1.54) is 0 Å². The molecule has 0 bridgehead atoms. The van der Waals surface area contributed by atoms with Crippen LogP contribution in [0.5, 0.6) is 0 Å². The molecule has 1 aromatic carbocycles. The van der Waals surface area contributed by atoms with Crippen LogP contribution in [0.15, 0.2) is 12.1 Å². The lowest BCUT2D eigenvalue weighted by molar-refractivity contribution is 0.0948. The summed E-state index contributed by atoms with van der Waals surface area (Å²) < 4.78 is 26.5. The Bertz CT molecular complexity index is 427. The third-order valence-corrected chi connectivity index (χ3v) is 2.61. The van der Waals surface area contributed by atoms with E-state index in [1.54, 1.807) is 0 Å². The first-order valence-electron chi connectivity index (χ1n) is 5.69. The van der Waals surface area contributed by atoms with Crippen molar-refractivity contribution in [1.29, 1.82) is 0 Å². The molecule has 0 fully saturated rings. The number of hydrogen-bond acceptors (Lipinski definition) is 2. The maximum Gasteiger partial charge on any atom is 0.254 e. The number of rotatable bonds is 6. The van der Waals surface area contributed by atoms with Crippen molar-refractivity contribution in [3.8, 4) is 0 Å². The highest BCUT2D eigenvalue weighted by Crippen LogP contribution is 2.19. The molecule has 0 heterocycles. The molecule has 2 N–H and O–H groups in total. The fourth-order valence-electron chi connectivity index (χ4n) is 1.38. The smallest absolute Gasteiger partial charge is 0.254 e. The number of carbonyl (C=O) groups is 1. The molecule has 0 radical (unpaired) electrons. The lowest BCUT2D eigenvalue weighted by Gasteiger charge is -2.07. The van der Waals surface area contributed by atoms with E-state index in [4.69, 9.17) is 11.6 Å². The second-order valence-electron chi connectivity index (χ2n) is 3.71. The summed E-state index contributed by atoms with van der Waals surface area (Å²) in [7, 11) is 0. The number of benzene rings is 1. The predicted molar refractivity (Wildman–Crippen MR) is 66.9 cm³/mol. The Morgan fingerprint density at radius 2 is 2.00 bits per heavy atom. The van der Waals surface area contributed by atoms with Crippen molar-refractivity contribution in [2.24, 2.45) is 0 Å². The van der Waals surface area contributed by atoms with Gasteiger partial charge in [0.25, 0.3) is 5.91 Å². The average Bonchev–Trinajstić information content (AvgIpc) is 2.33. The highest BCUT2D eigenvalue weighted by atomic mass is 35.5. The molecule has 6 heteroatoms. The molecule has 3 nitrogen and oxygen atoms in total. The van der Waals surface area contributed by atoms with E-state index >= 15 is 0 Å². The van der Waals surface area contributed by atoms with Gasteiger partial charge in [0.15, 0.2) is 0 Å². The Labute approximate surface area is 110 Å². The molecule has 100 valence electrons. The Morgan fingerprint density at radius 3 is 2.67 bits per heavy atom. The molecule has 0 aliphatic rings. The van der Waals surface area contributed by atoms with Gasteiger partial charge in [0.2, 0.25) is 0 Å². The van der Waals surface area contributed by atoms with Gasteiger partial charge in [-0.3, -0.25) is 4.79 Å². The third kappa shape index (κ3) is 4.23. The van der Waals surface area contributed by atoms with Gasteiger partial charge in [0.1, 0.15) is 11.6 Å². The van der Waals surface area contributed by atoms with Crippen molar-refractivity contribution in [3.63, 3.8) is 0 Å². The maximum absolute atomic E-state index is 13.4. The Morgan fingerprint density at radius 1 is 1.28 bits per heavy atom. The lowest BCUT2D eigenvalue weighted by Crippen LogP contribution is -2.28. The normalized spacial score (nSPS) is 10.4. The fraction of sp³-hybridized carbons (Fsp3) is 0.417. The minimum absolute atomic E-state index is 0.333. The SMILES string of the molecule is CCNCCCNC(=O)c1cc(F)c(Cl)cc1F. The number of nitrogens with one attached hydrogen (secondary N) is 2. The van der Waals surface area contributed by atoms with E-state index in [0.717, 1.165) is 31.6 Å². The molecule has 1 aromatic rings. The number of amides is 1. The van der Waals surface area contributed by atoms with Gasteiger partial charge in [0.05, 0.1) is 10.6 Å². The summed E-state index contributed by atoms with van der Waals surface area (Å²) in [5, 5.41) is 5.27. The van der Waals surface area contributed by atoms with Crippen molar-refractivity contribution < 1.29 is 13.6 Å². The van der Waals surface area contributed by atoms with Crippen LogP contribution in [0.25, 0.3) is 0 Å². The molecule has 0 saturated heterocycles. The average molecular weight is 277 g/mol. The molecular formula is C12H15ClF2N2O. The Kier molecular flexibility index (Phi) is 6.01. The summed E-state index contributed by atoms with van der Waals surface area (Å²) in [5.74, 6) is -2.28. The zero-order chi connectivity index (χ0) is 13.5. The Balaban J connectivity index is 2.54. The zero-order valence-electron chi connectivity index (χ0n) is 10.0. The minimum atomic E-state index is -0.828. The first kappa shape index (κ1) is 14.9. The fourth-order valence-corrected chi connectivity index (χ4v) is 1.53. The highest BCUT2D eigenvalue weighted by Gasteiger charge is 2.14. The van der Waals surface area contributed by atoms with Crippen LogP contribution < -0.4 is 10.6 Å². The minimum Gasteiger partial charge on any atom is -0.352 e. The summed E-state index contributed by atoms with van der Waals surface area (Å²) in [4.78, 5) is 11.6. The molecule has 0 aliphatic heterocycles. The quantitative estimate of drug-likeness (QED) is 0.619. The van der Waals surface area contributed by atoms with Crippen LogP contribution in [0, 0.1) is 11.6 Å². The van der Waals surface area contributed by atoms with Gasteiger partial charge >= 0.3 is 0 Å². The zero-order valence-corrected chi connectivity index (χ0v) is 10.8. The van der Waals surface area contributed by atoms with Gasteiger partial charge in [-0.15, -0.1) is 0 Å². The van der Waals surface area contributed by atoms with Gasteiger partial charge < -0.3 is 10.6 Å². The van der Waals surface area contributed by atoms with Crippen molar-refractivity contribution in [3.05, 3.63) is 34.4 Å². The van der Waals surface area contributed by atoms with Gasteiger partial charge in [-0.05, 0) is 31.6 Å². The molecule has 1 rings (SSSR count). The summed E-state index contributed by atoms with van der Waals surface area (Å²) in [6.07, 6.45) is 0.720. The largest absolute Gasteiger partial charge is 0.352 e. The molecule has 0 spiro atoms. The highest BCUT2D eigenvalue weighted by molar-refractivity contribution is 6.30. The molecule has 0 aliphatic carbocycles. The van der Waals surface area contributed by atoms with E-state index in [1.807, 2.05) is 6.92 Å². The molecule has 0 unspecified atom stereocenters. The summed E-state index contributed by atoms with van der Waals surface area (Å²) in [6.45, 7) is 3.99. The number of halogens is 3. The third-order valence-electron chi connectivity index (χ3n) is 2.32. The monoisotopic (exact) mass is 276 g/mol. The van der Waals surface area contributed by atoms with Crippen LogP contribution in [0.1, 0.15) is 23.7 Å². The summed E-state index contributed by atoms with van der Waals surface area (Å²) in [6, 6.07) is 1.60. The van der Waals surface area contributed by atoms with Crippen LogP contribution in [-0.2, 0) is 0 Å². The maximum atomic E-state index is 13.4. The summed E-state index contributed by atoms with van der Waals surface area (Å²) >= 11 is 5.40. The van der Waals surface area contributed by atoms with Gasteiger partial charge in [-0.1, -0.05) is 18.5 Å². The second-order valence-corrected chi connectivity index (χ2v) is 4.12. The standard InChI is InChI=1S/C12H15ClF2N2O/c1-2-16-4-3-5-17-12(18)8-6-11(15)9(13)7-10(8)14/h6-7,16H,2-5H2,1H3,(H,17,18). The lowest BCUT2D eigenvalue weighted by atomic mass is 10.2. The van der Waals surface area contributed by atoms with Crippen LogP contribution in [0.3, 0.4) is 0 Å².